The Morgan fingerprint density at radius 1 is 1.35 bits per heavy atom. The number of hydrazone groups is 1. The second-order valence-corrected chi connectivity index (χ2v) is 4.22. The van der Waals surface area contributed by atoms with Crippen LogP contribution >= 0.6 is 0 Å². The summed E-state index contributed by atoms with van der Waals surface area (Å²) in [5.74, 6) is -0.859. The van der Waals surface area contributed by atoms with E-state index in [9.17, 15) is 9.59 Å². The van der Waals surface area contributed by atoms with E-state index in [0.29, 0.717) is 11.3 Å². The lowest BCUT2D eigenvalue weighted by Crippen LogP contribution is -2.41. The fourth-order valence-corrected chi connectivity index (χ4v) is 1.38. The number of ether oxygens (including phenoxy) is 1. The van der Waals surface area contributed by atoms with Gasteiger partial charge in [-0.05, 0) is 25.5 Å². The number of carbonyl (C=O) groups is 2. The number of para-hydroxylation sites is 1. The Hall–Kier alpha value is -2.37. The molecule has 0 aliphatic heterocycles. The van der Waals surface area contributed by atoms with Crippen molar-refractivity contribution in [1.82, 2.24) is 10.7 Å². The molecule has 20 heavy (non-hydrogen) atoms. The fraction of sp³-hybridized carbons (Fsp3) is 0.357. The van der Waals surface area contributed by atoms with Gasteiger partial charge < -0.3 is 10.1 Å². The molecule has 2 amide bonds. The van der Waals surface area contributed by atoms with Gasteiger partial charge in [-0.3, -0.25) is 9.59 Å². The Bertz CT molecular complexity index is 500. The predicted molar refractivity (Wildman–Crippen MR) is 76.6 cm³/mol. The van der Waals surface area contributed by atoms with Crippen molar-refractivity contribution in [2.45, 2.75) is 26.3 Å². The highest BCUT2D eigenvalue weighted by atomic mass is 16.5. The molecule has 1 rings (SSSR count). The van der Waals surface area contributed by atoms with Crippen LogP contribution in [0.15, 0.2) is 29.4 Å². The van der Waals surface area contributed by atoms with Gasteiger partial charge in [-0.2, -0.15) is 5.10 Å². The molecule has 1 aromatic carbocycles. The Morgan fingerprint density at radius 3 is 2.70 bits per heavy atom. The number of benzene rings is 1. The first kappa shape index (κ1) is 15.7. The molecule has 0 fully saturated rings. The maximum atomic E-state index is 11.5. The summed E-state index contributed by atoms with van der Waals surface area (Å²) in [5.41, 5.74) is 2.88. The van der Waals surface area contributed by atoms with Gasteiger partial charge in [0.1, 0.15) is 5.75 Å². The van der Waals surface area contributed by atoms with Crippen LogP contribution in [0.4, 0.5) is 0 Å². The Morgan fingerprint density at radius 2 is 2.05 bits per heavy atom. The quantitative estimate of drug-likeness (QED) is 0.480. The summed E-state index contributed by atoms with van der Waals surface area (Å²) in [6.45, 7) is 3.74. The van der Waals surface area contributed by atoms with E-state index in [-0.39, 0.29) is 6.04 Å². The zero-order valence-corrected chi connectivity index (χ0v) is 11.8. The number of nitrogens with zero attached hydrogens (tertiary/aromatic N) is 1. The molecular weight excluding hydrogens is 258 g/mol. The highest BCUT2D eigenvalue weighted by Crippen LogP contribution is 2.14. The van der Waals surface area contributed by atoms with Gasteiger partial charge >= 0.3 is 11.8 Å². The standard InChI is InChI=1S/C14H19N3O3/c1-4-10(2)16-13(18)14(19)17-15-9-11-7-5-6-8-12(11)20-3/h5-10H,4H2,1-3H3,(H,16,18)(H,17,19)/b15-9-/t10-/m0/s1. The SMILES string of the molecule is CC[C@H](C)NC(=O)C(=O)N/N=C\c1ccccc1OC. The van der Waals surface area contributed by atoms with Crippen molar-refractivity contribution in [1.29, 1.82) is 0 Å². The molecule has 6 nitrogen and oxygen atoms in total. The maximum absolute atomic E-state index is 11.5. The van der Waals surface area contributed by atoms with Crippen LogP contribution < -0.4 is 15.5 Å². The topological polar surface area (TPSA) is 79.8 Å². The zero-order valence-electron chi connectivity index (χ0n) is 11.8. The molecule has 6 heteroatoms. The minimum absolute atomic E-state index is 0.0496. The molecule has 1 atom stereocenters. The van der Waals surface area contributed by atoms with Crippen LogP contribution in [0.5, 0.6) is 5.75 Å². The van der Waals surface area contributed by atoms with Crippen molar-refractivity contribution >= 4 is 18.0 Å². The van der Waals surface area contributed by atoms with Crippen molar-refractivity contribution in [3.63, 3.8) is 0 Å². The van der Waals surface area contributed by atoms with Gasteiger partial charge in [0.2, 0.25) is 0 Å². The van der Waals surface area contributed by atoms with E-state index in [0.717, 1.165) is 6.42 Å². The largest absolute Gasteiger partial charge is 0.496 e. The van der Waals surface area contributed by atoms with Crippen LogP contribution in [-0.2, 0) is 9.59 Å². The number of amides is 2. The molecule has 0 spiro atoms. The number of carbonyl (C=O) groups excluding carboxylic acids is 2. The molecule has 108 valence electrons. The first-order valence-electron chi connectivity index (χ1n) is 6.35. The van der Waals surface area contributed by atoms with E-state index in [1.807, 2.05) is 26.0 Å². The van der Waals surface area contributed by atoms with Gasteiger partial charge in [0.05, 0.1) is 13.3 Å². The smallest absolute Gasteiger partial charge is 0.329 e. The summed E-state index contributed by atoms with van der Waals surface area (Å²) in [6, 6.07) is 7.16. The fourth-order valence-electron chi connectivity index (χ4n) is 1.38. The minimum Gasteiger partial charge on any atom is -0.496 e. The van der Waals surface area contributed by atoms with Crippen molar-refractivity contribution in [3.8, 4) is 5.75 Å². The van der Waals surface area contributed by atoms with Crippen molar-refractivity contribution in [2.75, 3.05) is 7.11 Å². The summed E-state index contributed by atoms with van der Waals surface area (Å²) in [6.07, 6.45) is 2.18. The van der Waals surface area contributed by atoms with E-state index in [4.69, 9.17) is 4.74 Å². The molecule has 1 aromatic rings. The Labute approximate surface area is 118 Å². The third-order valence-corrected chi connectivity index (χ3v) is 2.70. The lowest BCUT2D eigenvalue weighted by molar-refractivity contribution is -0.139. The van der Waals surface area contributed by atoms with Gasteiger partial charge in [-0.1, -0.05) is 19.1 Å². The van der Waals surface area contributed by atoms with E-state index in [1.165, 1.54) is 6.21 Å². The summed E-state index contributed by atoms with van der Waals surface area (Å²) >= 11 is 0. The molecule has 2 N–H and O–H groups in total. The Kier molecular flexibility index (Phi) is 6.22. The summed E-state index contributed by atoms with van der Waals surface area (Å²) in [5, 5.41) is 6.29. The first-order valence-corrected chi connectivity index (χ1v) is 6.35. The van der Waals surface area contributed by atoms with E-state index >= 15 is 0 Å². The van der Waals surface area contributed by atoms with Gasteiger partial charge in [-0.25, -0.2) is 5.43 Å². The van der Waals surface area contributed by atoms with E-state index in [1.54, 1.807) is 19.2 Å². The lowest BCUT2D eigenvalue weighted by atomic mass is 10.2. The number of hydrogen-bond donors (Lipinski definition) is 2. The molecule has 0 heterocycles. The summed E-state index contributed by atoms with van der Waals surface area (Å²) in [4.78, 5) is 22.9. The molecular formula is C14H19N3O3. The highest BCUT2D eigenvalue weighted by molar-refractivity contribution is 6.35. The van der Waals surface area contributed by atoms with Crippen LogP contribution in [0.3, 0.4) is 0 Å². The summed E-state index contributed by atoms with van der Waals surface area (Å²) in [7, 11) is 1.55. The number of methoxy groups -OCH3 is 1. The van der Waals surface area contributed by atoms with E-state index < -0.39 is 11.8 Å². The molecule has 0 aliphatic carbocycles. The van der Waals surface area contributed by atoms with Crippen molar-refractivity contribution in [3.05, 3.63) is 29.8 Å². The zero-order chi connectivity index (χ0) is 15.0. The molecule has 0 bridgehead atoms. The predicted octanol–water partition coefficient (Wildman–Crippen LogP) is 1.06. The molecule has 0 unspecified atom stereocenters. The lowest BCUT2D eigenvalue weighted by Gasteiger charge is -2.09. The first-order chi connectivity index (χ1) is 9.58. The van der Waals surface area contributed by atoms with Gasteiger partial charge in [0, 0.05) is 11.6 Å². The second-order valence-electron chi connectivity index (χ2n) is 4.22. The van der Waals surface area contributed by atoms with Crippen LogP contribution in [0, 0.1) is 0 Å². The molecule has 0 saturated heterocycles. The van der Waals surface area contributed by atoms with Gasteiger partial charge in [0.15, 0.2) is 0 Å². The molecule has 0 aliphatic rings. The third-order valence-electron chi connectivity index (χ3n) is 2.70. The van der Waals surface area contributed by atoms with Crippen molar-refractivity contribution in [2.24, 2.45) is 5.10 Å². The van der Waals surface area contributed by atoms with Crippen LogP contribution in [0.1, 0.15) is 25.8 Å². The monoisotopic (exact) mass is 277 g/mol. The van der Waals surface area contributed by atoms with E-state index in [2.05, 4.69) is 15.8 Å². The molecule has 0 aromatic heterocycles. The second kappa shape index (κ2) is 7.93. The van der Waals surface area contributed by atoms with Gasteiger partial charge in [0.25, 0.3) is 0 Å². The maximum Gasteiger partial charge on any atom is 0.329 e. The van der Waals surface area contributed by atoms with Crippen LogP contribution in [-0.4, -0.2) is 31.2 Å². The van der Waals surface area contributed by atoms with Crippen LogP contribution in [0.25, 0.3) is 0 Å². The average Bonchev–Trinajstić information content (AvgIpc) is 2.47. The highest BCUT2D eigenvalue weighted by Gasteiger charge is 2.14. The third kappa shape index (κ3) is 4.72. The van der Waals surface area contributed by atoms with Crippen molar-refractivity contribution < 1.29 is 14.3 Å². The average molecular weight is 277 g/mol. The molecule has 0 radical (unpaired) electrons. The normalized spacial score (nSPS) is 11.9. The minimum atomic E-state index is -0.795. The number of nitrogens with one attached hydrogen (secondary N) is 2. The Balaban J connectivity index is 2.56. The molecule has 0 saturated carbocycles. The van der Waals surface area contributed by atoms with Gasteiger partial charge in [-0.15, -0.1) is 0 Å². The summed E-state index contributed by atoms with van der Waals surface area (Å²) < 4.78 is 5.13. The van der Waals surface area contributed by atoms with Crippen LogP contribution in [0.2, 0.25) is 0 Å². The number of rotatable bonds is 5. The number of hydrogen-bond acceptors (Lipinski definition) is 4.